The molecule has 0 radical (unpaired) electrons. The third-order valence-corrected chi connectivity index (χ3v) is 3.90. The summed E-state index contributed by atoms with van der Waals surface area (Å²) in [5.41, 5.74) is 0.636. The highest BCUT2D eigenvalue weighted by Gasteiger charge is 2.26. The molecule has 6 heteroatoms. The van der Waals surface area contributed by atoms with Gasteiger partial charge in [0, 0.05) is 24.6 Å². The van der Waals surface area contributed by atoms with Crippen LogP contribution in [0.15, 0.2) is 24.3 Å². The van der Waals surface area contributed by atoms with Crippen molar-refractivity contribution < 1.29 is 9.53 Å². The van der Waals surface area contributed by atoms with Crippen molar-refractivity contribution in [1.82, 2.24) is 19.7 Å². The molecule has 1 aromatic heterocycles. The minimum Gasteiger partial charge on any atom is -0.497 e. The fourth-order valence-electron chi connectivity index (χ4n) is 2.72. The summed E-state index contributed by atoms with van der Waals surface area (Å²) >= 11 is 0. The van der Waals surface area contributed by atoms with Gasteiger partial charge in [0.1, 0.15) is 11.6 Å². The van der Waals surface area contributed by atoms with Gasteiger partial charge in [0.15, 0.2) is 5.82 Å². The van der Waals surface area contributed by atoms with E-state index < -0.39 is 0 Å². The number of rotatable bonds is 3. The number of fused-ring (bicyclic) bond motifs is 1. The number of benzene rings is 1. The van der Waals surface area contributed by atoms with Gasteiger partial charge in [-0.1, -0.05) is 19.9 Å². The molecule has 1 aromatic carbocycles. The molecule has 0 saturated carbocycles. The van der Waals surface area contributed by atoms with Gasteiger partial charge in [-0.05, 0) is 18.2 Å². The second-order valence-corrected chi connectivity index (χ2v) is 5.74. The molecule has 0 spiro atoms. The molecule has 1 aliphatic rings. The molecule has 2 heterocycles. The number of carbonyl (C=O) groups excluding carboxylic acids is 1. The van der Waals surface area contributed by atoms with E-state index in [4.69, 9.17) is 4.74 Å². The van der Waals surface area contributed by atoms with Gasteiger partial charge in [0.25, 0.3) is 5.91 Å². The number of hydrogen-bond acceptors (Lipinski definition) is 4. The van der Waals surface area contributed by atoms with Crippen molar-refractivity contribution in [2.75, 3.05) is 13.7 Å². The molecule has 1 aliphatic heterocycles. The minimum absolute atomic E-state index is 0.000697. The van der Waals surface area contributed by atoms with E-state index in [0.717, 1.165) is 18.2 Å². The van der Waals surface area contributed by atoms with Gasteiger partial charge in [0.05, 0.1) is 13.7 Å². The first kappa shape index (κ1) is 14.6. The van der Waals surface area contributed by atoms with Crippen molar-refractivity contribution in [3.05, 3.63) is 41.5 Å². The third kappa shape index (κ3) is 2.56. The third-order valence-electron chi connectivity index (χ3n) is 3.90. The SMILES string of the molecule is COc1cccc(C(=O)N2CCn3c(nnc3C(C)C)C2)c1. The Morgan fingerprint density at radius 3 is 2.82 bits per heavy atom. The number of nitrogens with zero attached hydrogens (tertiary/aromatic N) is 4. The van der Waals surface area contributed by atoms with E-state index in [-0.39, 0.29) is 5.91 Å². The van der Waals surface area contributed by atoms with Gasteiger partial charge >= 0.3 is 0 Å². The topological polar surface area (TPSA) is 60.2 Å². The zero-order valence-corrected chi connectivity index (χ0v) is 13.1. The normalized spacial score (nSPS) is 14.1. The second-order valence-electron chi connectivity index (χ2n) is 5.74. The molecular formula is C16H20N4O2. The number of ether oxygens (including phenoxy) is 1. The molecule has 0 unspecified atom stereocenters. The quantitative estimate of drug-likeness (QED) is 0.870. The van der Waals surface area contributed by atoms with E-state index in [1.165, 1.54) is 0 Å². The smallest absolute Gasteiger partial charge is 0.254 e. The molecule has 2 aromatic rings. The standard InChI is InChI=1S/C16H20N4O2/c1-11(2)15-18-17-14-10-19(7-8-20(14)15)16(21)12-5-4-6-13(9-12)22-3/h4-6,9,11H,7-8,10H2,1-3H3. The molecule has 116 valence electrons. The van der Waals surface area contributed by atoms with Crippen LogP contribution < -0.4 is 4.74 Å². The molecule has 0 fully saturated rings. The first-order valence-corrected chi connectivity index (χ1v) is 7.45. The van der Waals surface area contributed by atoms with Crippen molar-refractivity contribution in [1.29, 1.82) is 0 Å². The van der Waals surface area contributed by atoms with Gasteiger partial charge in [-0.2, -0.15) is 0 Å². The van der Waals surface area contributed by atoms with Gasteiger partial charge in [0.2, 0.25) is 0 Å². The molecule has 0 aliphatic carbocycles. The monoisotopic (exact) mass is 300 g/mol. The van der Waals surface area contributed by atoms with Gasteiger partial charge in [-0.3, -0.25) is 4.79 Å². The minimum atomic E-state index is -0.000697. The van der Waals surface area contributed by atoms with Crippen LogP contribution in [0.2, 0.25) is 0 Å². The van der Waals surface area contributed by atoms with Crippen LogP contribution in [0.4, 0.5) is 0 Å². The van der Waals surface area contributed by atoms with Gasteiger partial charge in [-0.15, -0.1) is 10.2 Å². The van der Waals surface area contributed by atoms with E-state index >= 15 is 0 Å². The summed E-state index contributed by atoms with van der Waals surface area (Å²) in [6, 6.07) is 7.23. The maximum Gasteiger partial charge on any atom is 0.254 e. The highest BCUT2D eigenvalue weighted by atomic mass is 16.5. The lowest BCUT2D eigenvalue weighted by Gasteiger charge is -2.28. The Hall–Kier alpha value is -2.37. The van der Waals surface area contributed by atoms with E-state index in [0.29, 0.717) is 30.3 Å². The lowest BCUT2D eigenvalue weighted by Crippen LogP contribution is -2.38. The highest BCUT2D eigenvalue weighted by Crippen LogP contribution is 2.21. The molecular weight excluding hydrogens is 280 g/mol. The maximum absolute atomic E-state index is 12.6. The summed E-state index contributed by atoms with van der Waals surface area (Å²) in [7, 11) is 1.60. The van der Waals surface area contributed by atoms with Crippen LogP contribution in [0.5, 0.6) is 5.75 Å². The average molecular weight is 300 g/mol. The number of hydrogen-bond donors (Lipinski definition) is 0. The lowest BCUT2D eigenvalue weighted by molar-refractivity contribution is 0.0706. The Kier molecular flexibility index (Phi) is 3.83. The molecule has 3 rings (SSSR count). The molecule has 0 saturated heterocycles. The molecule has 1 amide bonds. The fourth-order valence-corrected chi connectivity index (χ4v) is 2.72. The van der Waals surface area contributed by atoms with Crippen LogP contribution >= 0.6 is 0 Å². The molecule has 0 atom stereocenters. The van der Waals surface area contributed by atoms with Crippen molar-refractivity contribution in [3.8, 4) is 5.75 Å². The Balaban J connectivity index is 1.80. The largest absolute Gasteiger partial charge is 0.497 e. The van der Waals surface area contributed by atoms with Gasteiger partial charge in [-0.25, -0.2) is 0 Å². The van der Waals surface area contributed by atoms with Crippen LogP contribution in [0, 0.1) is 0 Å². The predicted molar refractivity (Wildman–Crippen MR) is 81.8 cm³/mol. The van der Waals surface area contributed by atoms with E-state index in [9.17, 15) is 4.79 Å². The van der Waals surface area contributed by atoms with Crippen LogP contribution in [0.1, 0.15) is 41.8 Å². The van der Waals surface area contributed by atoms with E-state index in [1.807, 2.05) is 23.1 Å². The number of methoxy groups -OCH3 is 1. The zero-order valence-electron chi connectivity index (χ0n) is 13.1. The Morgan fingerprint density at radius 1 is 1.27 bits per heavy atom. The first-order valence-electron chi connectivity index (χ1n) is 7.45. The van der Waals surface area contributed by atoms with Crippen molar-refractivity contribution in [2.45, 2.75) is 32.9 Å². The summed E-state index contributed by atoms with van der Waals surface area (Å²) in [5.74, 6) is 2.86. The first-order chi connectivity index (χ1) is 10.6. The fraction of sp³-hybridized carbons (Fsp3) is 0.438. The van der Waals surface area contributed by atoms with Gasteiger partial charge < -0.3 is 14.2 Å². The number of carbonyl (C=O) groups is 1. The molecule has 22 heavy (non-hydrogen) atoms. The lowest BCUT2D eigenvalue weighted by atomic mass is 10.1. The maximum atomic E-state index is 12.6. The Labute approximate surface area is 129 Å². The predicted octanol–water partition coefficient (Wildman–Crippen LogP) is 2.07. The van der Waals surface area contributed by atoms with Crippen molar-refractivity contribution >= 4 is 5.91 Å². The Morgan fingerprint density at radius 2 is 2.09 bits per heavy atom. The summed E-state index contributed by atoms with van der Waals surface area (Å²) in [4.78, 5) is 14.4. The van der Waals surface area contributed by atoms with E-state index in [2.05, 4.69) is 28.6 Å². The Bertz CT molecular complexity index is 693. The number of aromatic nitrogens is 3. The van der Waals surface area contributed by atoms with E-state index in [1.54, 1.807) is 13.2 Å². The second kappa shape index (κ2) is 5.79. The summed E-state index contributed by atoms with van der Waals surface area (Å²) in [6.07, 6.45) is 0. The zero-order chi connectivity index (χ0) is 15.7. The van der Waals surface area contributed by atoms with Crippen molar-refractivity contribution in [2.24, 2.45) is 0 Å². The van der Waals surface area contributed by atoms with Crippen LogP contribution in [0.3, 0.4) is 0 Å². The summed E-state index contributed by atoms with van der Waals surface area (Å²) < 4.78 is 7.31. The summed E-state index contributed by atoms with van der Waals surface area (Å²) in [5, 5.41) is 8.48. The van der Waals surface area contributed by atoms with Crippen LogP contribution in [-0.2, 0) is 13.1 Å². The molecule has 6 nitrogen and oxygen atoms in total. The molecule has 0 bridgehead atoms. The summed E-state index contributed by atoms with van der Waals surface area (Å²) in [6.45, 7) is 6.11. The van der Waals surface area contributed by atoms with Crippen LogP contribution in [-0.4, -0.2) is 39.2 Å². The van der Waals surface area contributed by atoms with Crippen molar-refractivity contribution in [3.63, 3.8) is 0 Å². The van der Waals surface area contributed by atoms with Crippen LogP contribution in [0.25, 0.3) is 0 Å². The molecule has 0 N–H and O–H groups in total. The number of amides is 1. The average Bonchev–Trinajstić information content (AvgIpc) is 2.97. The highest BCUT2D eigenvalue weighted by molar-refractivity contribution is 5.94.